The van der Waals surface area contributed by atoms with Gasteiger partial charge in [-0.15, -0.1) is 0 Å². The number of carbonyl (C=O) groups excluding carboxylic acids is 1. The SMILES string of the molecule is O=C1/C(=C/c2ccc(OCc3ccc([N+](=O)[O-])cc3)cc2)SC(=Nc2ccc(Cl)cc2)N1c1ccc(Cl)cc1. The minimum absolute atomic E-state index is 0.0338. The van der Waals surface area contributed by atoms with Gasteiger partial charge in [-0.2, -0.15) is 0 Å². The van der Waals surface area contributed by atoms with E-state index in [1.54, 1.807) is 71.6 Å². The van der Waals surface area contributed by atoms with E-state index in [1.807, 2.05) is 24.3 Å². The molecule has 0 radical (unpaired) electrons. The average Bonchev–Trinajstić information content (AvgIpc) is 3.24. The van der Waals surface area contributed by atoms with E-state index >= 15 is 0 Å². The van der Waals surface area contributed by atoms with Crippen LogP contribution in [0.2, 0.25) is 10.0 Å². The Kier molecular flexibility index (Phi) is 7.97. The molecule has 5 rings (SSSR count). The van der Waals surface area contributed by atoms with Crippen molar-refractivity contribution in [2.45, 2.75) is 6.61 Å². The van der Waals surface area contributed by atoms with Gasteiger partial charge in [0.25, 0.3) is 11.6 Å². The Morgan fingerprint density at radius 2 is 1.49 bits per heavy atom. The van der Waals surface area contributed by atoms with Crippen molar-refractivity contribution in [3.8, 4) is 5.75 Å². The molecule has 0 N–H and O–H groups in total. The Morgan fingerprint density at radius 3 is 2.10 bits per heavy atom. The van der Waals surface area contributed by atoms with Crippen LogP contribution in [0.3, 0.4) is 0 Å². The molecule has 39 heavy (non-hydrogen) atoms. The summed E-state index contributed by atoms with van der Waals surface area (Å²) in [4.78, 5) is 30.6. The second kappa shape index (κ2) is 11.7. The molecule has 1 heterocycles. The highest BCUT2D eigenvalue weighted by atomic mass is 35.5. The second-order valence-electron chi connectivity index (χ2n) is 8.38. The van der Waals surface area contributed by atoms with Gasteiger partial charge in [0.15, 0.2) is 5.17 Å². The molecule has 10 heteroatoms. The fourth-order valence-corrected chi connectivity index (χ4v) is 4.94. The molecule has 0 spiro atoms. The Balaban J connectivity index is 1.35. The summed E-state index contributed by atoms with van der Waals surface area (Å²) in [6.07, 6.45) is 1.81. The van der Waals surface area contributed by atoms with Gasteiger partial charge in [0.1, 0.15) is 12.4 Å². The highest BCUT2D eigenvalue weighted by Crippen LogP contribution is 2.38. The fraction of sp³-hybridized carbons (Fsp3) is 0.0345. The number of nitro benzene ring substituents is 1. The molecule has 0 aliphatic carbocycles. The summed E-state index contributed by atoms with van der Waals surface area (Å²) in [5.74, 6) is 0.433. The molecule has 1 aliphatic heterocycles. The van der Waals surface area contributed by atoms with E-state index in [-0.39, 0.29) is 18.2 Å². The quantitative estimate of drug-likeness (QED) is 0.126. The van der Waals surface area contributed by atoms with Gasteiger partial charge in [-0.3, -0.25) is 19.8 Å². The van der Waals surface area contributed by atoms with Crippen LogP contribution in [-0.4, -0.2) is 16.0 Å². The van der Waals surface area contributed by atoms with E-state index in [0.717, 1.165) is 11.1 Å². The van der Waals surface area contributed by atoms with Crippen LogP contribution in [0, 0.1) is 10.1 Å². The number of carbonyl (C=O) groups is 1. The number of hydrogen-bond donors (Lipinski definition) is 0. The normalized spacial score (nSPS) is 15.2. The smallest absolute Gasteiger partial charge is 0.271 e. The number of hydrogen-bond acceptors (Lipinski definition) is 6. The minimum Gasteiger partial charge on any atom is -0.489 e. The van der Waals surface area contributed by atoms with E-state index in [4.69, 9.17) is 32.9 Å². The van der Waals surface area contributed by atoms with Gasteiger partial charge < -0.3 is 4.74 Å². The van der Waals surface area contributed by atoms with Crippen LogP contribution in [0.5, 0.6) is 5.75 Å². The average molecular weight is 576 g/mol. The number of aliphatic imine (C=N–C) groups is 1. The molecular weight excluding hydrogens is 557 g/mol. The van der Waals surface area contributed by atoms with E-state index in [0.29, 0.717) is 37.2 Å². The van der Waals surface area contributed by atoms with E-state index in [9.17, 15) is 14.9 Å². The molecule has 7 nitrogen and oxygen atoms in total. The number of nitrogens with zero attached hydrogens (tertiary/aromatic N) is 3. The molecule has 4 aromatic carbocycles. The highest BCUT2D eigenvalue weighted by molar-refractivity contribution is 8.19. The van der Waals surface area contributed by atoms with Gasteiger partial charge in [0.05, 0.1) is 21.2 Å². The first-order valence-electron chi connectivity index (χ1n) is 11.7. The molecule has 1 fully saturated rings. The number of thioether (sulfide) groups is 1. The van der Waals surface area contributed by atoms with Gasteiger partial charge in [0.2, 0.25) is 0 Å². The Labute approximate surface area is 238 Å². The molecular formula is C29H19Cl2N3O4S. The first-order valence-corrected chi connectivity index (χ1v) is 13.2. The highest BCUT2D eigenvalue weighted by Gasteiger charge is 2.34. The number of amides is 1. The van der Waals surface area contributed by atoms with Gasteiger partial charge in [0, 0.05) is 22.2 Å². The van der Waals surface area contributed by atoms with E-state index in [1.165, 1.54) is 23.9 Å². The van der Waals surface area contributed by atoms with Crippen LogP contribution >= 0.6 is 35.0 Å². The van der Waals surface area contributed by atoms with Crippen molar-refractivity contribution in [3.05, 3.63) is 133 Å². The lowest BCUT2D eigenvalue weighted by Crippen LogP contribution is -2.28. The number of ether oxygens (including phenoxy) is 1. The number of benzene rings is 4. The number of anilines is 1. The summed E-state index contributed by atoms with van der Waals surface area (Å²) in [7, 11) is 0. The van der Waals surface area contributed by atoms with Crippen LogP contribution in [0.4, 0.5) is 17.1 Å². The minimum atomic E-state index is -0.438. The molecule has 1 aliphatic rings. The number of halogens is 2. The van der Waals surface area contributed by atoms with Crippen molar-refractivity contribution in [3.63, 3.8) is 0 Å². The number of amidine groups is 1. The standard InChI is InChI=1S/C29H19Cl2N3O4S/c30-21-5-9-23(10-6-21)32-29-33(24-13-7-22(31)8-14-24)28(35)27(39-29)17-19-3-15-26(16-4-19)38-18-20-1-11-25(12-2-20)34(36)37/h1-17H,18H2/b27-17-,32-29?. The first-order chi connectivity index (χ1) is 18.9. The Morgan fingerprint density at radius 1 is 0.872 bits per heavy atom. The van der Waals surface area contributed by atoms with Gasteiger partial charge in [-0.1, -0.05) is 35.3 Å². The van der Waals surface area contributed by atoms with Crippen molar-refractivity contribution in [1.82, 2.24) is 0 Å². The third-order valence-electron chi connectivity index (χ3n) is 5.67. The lowest BCUT2D eigenvalue weighted by molar-refractivity contribution is -0.384. The summed E-state index contributed by atoms with van der Waals surface area (Å²) in [5.41, 5.74) is 2.99. The third-order valence-corrected chi connectivity index (χ3v) is 7.15. The van der Waals surface area contributed by atoms with E-state index in [2.05, 4.69) is 0 Å². The third kappa shape index (κ3) is 6.49. The summed E-state index contributed by atoms with van der Waals surface area (Å²) < 4.78 is 5.80. The molecule has 194 valence electrons. The summed E-state index contributed by atoms with van der Waals surface area (Å²) in [5, 5.41) is 12.5. The Hall–Kier alpha value is -4.11. The summed E-state index contributed by atoms with van der Waals surface area (Å²) >= 11 is 13.3. The topological polar surface area (TPSA) is 85.0 Å². The van der Waals surface area contributed by atoms with E-state index < -0.39 is 4.92 Å². The van der Waals surface area contributed by atoms with Crippen LogP contribution in [0.15, 0.2) is 107 Å². The zero-order valence-electron chi connectivity index (χ0n) is 20.2. The molecule has 0 atom stereocenters. The number of nitro groups is 1. The largest absolute Gasteiger partial charge is 0.489 e. The molecule has 0 saturated carbocycles. The number of rotatable bonds is 7. The van der Waals surface area contributed by atoms with Gasteiger partial charge in [-0.05, 0) is 102 Å². The van der Waals surface area contributed by atoms with Crippen LogP contribution in [0.1, 0.15) is 11.1 Å². The van der Waals surface area contributed by atoms with Crippen LogP contribution < -0.4 is 9.64 Å². The lowest BCUT2D eigenvalue weighted by atomic mass is 10.2. The predicted molar refractivity (Wildman–Crippen MR) is 157 cm³/mol. The molecule has 0 bridgehead atoms. The lowest BCUT2D eigenvalue weighted by Gasteiger charge is -2.15. The maximum Gasteiger partial charge on any atom is 0.271 e. The summed E-state index contributed by atoms with van der Waals surface area (Å²) in [6.45, 7) is 0.271. The zero-order valence-corrected chi connectivity index (χ0v) is 22.5. The fourth-order valence-electron chi connectivity index (χ4n) is 3.68. The molecule has 1 amide bonds. The van der Waals surface area contributed by atoms with Crippen molar-refractivity contribution >= 4 is 69.2 Å². The maximum atomic E-state index is 13.5. The van der Waals surface area contributed by atoms with Crippen LogP contribution in [0.25, 0.3) is 6.08 Å². The maximum absolute atomic E-state index is 13.5. The monoisotopic (exact) mass is 575 g/mol. The Bertz CT molecular complexity index is 1570. The van der Waals surface area contributed by atoms with Crippen molar-refractivity contribution in [2.24, 2.45) is 4.99 Å². The second-order valence-corrected chi connectivity index (χ2v) is 10.3. The molecule has 0 aromatic heterocycles. The van der Waals surface area contributed by atoms with Crippen molar-refractivity contribution < 1.29 is 14.5 Å². The molecule has 0 unspecified atom stereocenters. The number of non-ortho nitro benzene ring substituents is 1. The summed E-state index contributed by atoms with van der Waals surface area (Å²) in [6, 6.07) is 27.6. The molecule has 4 aromatic rings. The zero-order chi connectivity index (χ0) is 27.4. The predicted octanol–water partition coefficient (Wildman–Crippen LogP) is 8.29. The van der Waals surface area contributed by atoms with Crippen molar-refractivity contribution in [2.75, 3.05) is 4.90 Å². The van der Waals surface area contributed by atoms with Crippen LogP contribution in [-0.2, 0) is 11.4 Å². The first kappa shape index (κ1) is 26.5. The van der Waals surface area contributed by atoms with Gasteiger partial charge >= 0.3 is 0 Å². The van der Waals surface area contributed by atoms with Gasteiger partial charge in [-0.25, -0.2) is 4.99 Å². The molecule has 1 saturated heterocycles. The van der Waals surface area contributed by atoms with Crippen molar-refractivity contribution in [1.29, 1.82) is 0 Å².